The highest BCUT2D eigenvalue weighted by Crippen LogP contribution is 1.89. The monoisotopic (exact) mass is 198 g/mol. The summed E-state index contributed by atoms with van der Waals surface area (Å²) in [6.07, 6.45) is 0. The molecule has 36 valence electrons. The van der Waals surface area contributed by atoms with Crippen LogP contribution >= 0.6 is 22.4 Å². The number of quaternary nitrogens is 1. The Kier molecular flexibility index (Phi) is 2.44. The Morgan fingerprint density at radius 1 is 1.33 bits per heavy atom. The lowest BCUT2D eigenvalue weighted by atomic mass is 10.3. The molecule has 0 saturated heterocycles. The Bertz CT molecular complexity index is 40.5. The number of hydrogen-bond acceptors (Lipinski definition) is 0. The zero-order valence-corrected chi connectivity index (χ0v) is 6.69. The topological polar surface area (TPSA) is 0 Å². The Hall–Kier alpha value is 0.755. The Morgan fingerprint density at radius 3 is 1.50 bits per heavy atom. The van der Waals surface area contributed by atoms with E-state index in [4.69, 9.17) is 0 Å². The zero-order chi connectivity index (χ0) is 5.21. The van der Waals surface area contributed by atoms with Crippen LogP contribution < -0.4 is 0 Å². The fourth-order valence-electron chi connectivity index (χ4n) is 0. The maximum absolute atomic E-state index is 2.37. The predicted molar refractivity (Wildman–Crippen MR) is 39.2 cm³/mol. The molecule has 0 heterocycles. The minimum atomic E-state index is 1.06. The van der Waals surface area contributed by atoms with Gasteiger partial charge in [-0.3, -0.25) is 0 Å². The van der Waals surface area contributed by atoms with E-state index in [1.165, 1.54) is 5.27 Å². The van der Waals surface area contributed by atoms with Crippen molar-refractivity contribution in [1.29, 1.82) is 0 Å². The van der Waals surface area contributed by atoms with Gasteiger partial charge in [0.05, 0.1) is 0 Å². The summed E-state index contributed by atoms with van der Waals surface area (Å²) in [5, 5.41) is 1.18. The van der Waals surface area contributed by atoms with Gasteiger partial charge in [-0.05, 0) is 0 Å². The Balaban J connectivity index is 3.17. The van der Waals surface area contributed by atoms with E-state index >= 15 is 0 Å². The molecule has 0 rings (SSSR count). The van der Waals surface area contributed by atoms with Crippen molar-refractivity contribution in [2.75, 3.05) is 21.1 Å². The molecule has 0 bridgehead atoms. The first kappa shape index (κ1) is 6.75. The van der Waals surface area contributed by atoms with Gasteiger partial charge in [-0.25, -0.2) is 0 Å². The molecule has 1 nitrogen and oxygen atoms in total. The van der Waals surface area contributed by atoms with Gasteiger partial charge >= 0.3 is 5.27 Å². The molecule has 0 aliphatic heterocycles. The van der Waals surface area contributed by atoms with Crippen molar-refractivity contribution in [3.63, 3.8) is 0 Å². The minimum Gasteiger partial charge on any atom is -0.395 e. The second-order valence-electron chi connectivity index (χ2n) is 2.41. The first-order chi connectivity index (χ1) is 2.56. The van der Waals surface area contributed by atoms with Crippen LogP contribution in [0, 0.1) is 0 Å². The summed E-state index contributed by atoms with van der Waals surface area (Å²) in [5.41, 5.74) is 0. The second kappa shape index (κ2) is 2.16. The van der Waals surface area contributed by atoms with Gasteiger partial charge in [0.25, 0.3) is 0 Å². The molecule has 0 aliphatic carbocycles. The third-order valence-corrected chi connectivity index (χ3v) is 2.41. The highest BCUT2D eigenvalue weighted by Gasteiger charge is 2.03. The van der Waals surface area contributed by atoms with Gasteiger partial charge in [0.15, 0.2) is 0 Å². The van der Waals surface area contributed by atoms with E-state index in [2.05, 4.69) is 43.5 Å². The number of nitrogens with zero attached hydrogens (tertiary/aromatic N) is 1. The molecule has 0 aromatic heterocycles. The zero-order valence-electron chi connectivity index (χ0n) is 4.53. The van der Waals surface area contributed by atoms with E-state index in [0.717, 1.165) is 4.39 Å². The molecule has 0 atom stereocenters. The van der Waals surface area contributed by atoms with E-state index in [9.17, 15) is 0 Å². The van der Waals surface area contributed by atoms with E-state index in [1.54, 1.807) is 0 Å². The number of hydrogen-bond donors (Lipinski definition) is 0. The van der Waals surface area contributed by atoms with Crippen LogP contribution in [-0.4, -0.2) is 30.8 Å². The summed E-state index contributed by atoms with van der Waals surface area (Å²) < 4.78 is 1.06. The van der Waals surface area contributed by atoms with Gasteiger partial charge in [0.2, 0.25) is 0 Å². The molecule has 0 unspecified atom stereocenters. The van der Waals surface area contributed by atoms with Crippen molar-refractivity contribution in [3.8, 4) is 0 Å². The Labute approximate surface area is 53.4 Å². The molecule has 0 aromatic rings. The van der Waals surface area contributed by atoms with Crippen LogP contribution in [0.5, 0.6) is 0 Å². The molecule has 3 heteroatoms. The maximum atomic E-state index is 2.37. The van der Waals surface area contributed by atoms with Crippen molar-refractivity contribution in [2.24, 2.45) is 0 Å². The summed E-state index contributed by atoms with van der Waals surface area (Å²) in [4.78, 5) is 0. The molecule has 0 N–H and O–H groups in total. The third kappa shape index (κ3) is 4.75. The molecular weight excluding hydrogens is 188 g/mol. The van der Waals surface area contributed by atoms with Gasteiger partial charge in [-0.15, -0.1) is 0 Å². The summed E-state index contributed by atoms with van der Waals surface area (Å²) in [6.45, 7) is 0. The molecule has 0 amide bonds. The van der Waals surface area contributed by atoms with Crippen LogP contribution in [0.25, 0.3) is 0 Å². The highest BCUT2D eigenvalue weighted by atomic mass is 127. The molecule has 0 aromatic carbocycles. The molecule has 0 radical (unpaired) electrons. The standard InChI is InChI=1S/C3H10BIN/c1-6(2,3)4-5/h4H,1-3H3/q+1. The largest absolute Gasteiger partial charge is 0.459 e. The summed E-state index contributed by atoms with van der Waals surface area (Å²) in [5.74, 6) is 0. The van der Waals surface area contributed by atoms with Crippen molar-refractivity contribution >= 4 is 27.6 Å². The highest BCUT2D eigenvalue weighted by molar-refractivity contribution is 14.1. The van der Waals surface area contributed by atoms with E-state index < -0.39 is 0 Å². The van der Waals surface area contributed by atoms with E-state index in [-0.39, 0.29) is 0 Å². The summed E-state index contributed by atoms with van der Waals surface area (Å²) in [6, 6.07) is 0. The number of rotatable bonds is 1. The summed E-state index contributed by atoms with van der Waals surface area (Å²) >= 11 is 2.37. The number of halogens is 1. The van der Waals surface area contributed by atoms with Crippen molar-refractivity contribution in [1.82, 2.24) is 0 Å². The minimum absolute atomic E-state index is 1.06. The van der Waals surface area contributed by atoms with Gasteiger partial charge < -0.3 is 4.39 Å². The fourth-order valence-corrected chi connectivity index (χ4v) is 0. The van der Waals surface area contributed by atoms with E-state index in [1.807, 2.05) is 0 Å². The van der Waals surface area contributed by atoms with Gasteiger partial charge in [-0.2, -0.15) is 0 Å². The molecule has 0 aliphatic rings. The van der Waals surface area contributed by atoms with Crippen LogP contribution in [0.3, 0.4) is 0 Å². The van der Waals surface area contributed by atoms with Crippen LogP contribution in [0.15, 0.2) is 0 Å². The fraction of sp³-hybridized carbons (Fsp3) is 1.00. The SMILES string of the molecule is C[N+](C)(C)BI. The van der Waals surface area contributed by atoms with Crippen LogP contribution in [0.4, 0.5) is 0 Å². The molecule has 0 spiro atoms. The van der Waals surface area contributed by atoms with Crippen LogP contribution in [0.1, 0.15) is 0 Å². The normalized spacial score (nSPS) is 11.3. The lowest BCUT2D eigenvalue weighted by Gasteiger charge is -2.19. The first-order valence-corrected chi connectivity index (χ1v) is 3.45. The van der Waals surface area contributed by atoms with Gasteiger partial charge in [0, 0.05) is 21.1 Å². The maximum Gasteiger partial charge on any atom is 0.459 e. The second-order valence-corrected chi connectivity index (χ2v) is 3.09. The average molecular weight is 198 g/mol. The molecular formula is C3H10BIN+. The quantitative estimate of drug-likeness (QED) is 0.422. The Morgan fingerprint density at radius 2 is 1.50 bits per heavy atom. The average Bonchev–Trinajstić information content (AvgIpc) is 1.35. The van der Waals surface area contributed by atoms with Crippen molar-refractivity contribution in [2.45, 2.75) is 0 Å². The molecule has 0 saturated carbocycles. The lowest BCUT2D eigenvalue weighted by Crippen LogP contribution is -2.34. The van der Waals surface area contributed by atoms with E-state index in [0.29, 0.717) is 0 Å². The van der Waals surface area contributed by atoms with Crippen molar-refractivity contribution < 1.29 is 4.39 Å². The molecule has 0 fully saturated rings. The van der Waals surface area contributed by atoms with Crippen LogP contribution in [-0.2, 0) is 0 Å². The third-order valence-electron chi connectivity index (χ3n) is 0.359. The van der Waals surface area contributed by atoms with Crippen molar-refractivity contribution in [3.05, 3.63) is 0 Å². The van der Waals surface area contributed by atoms with Crippen LogP contribution in [0.2, 0.25) is 0 Å². The predicted octanol–water partition coefficient (Wildman–Crippen LogP) is 0.394. The lowest BCUT2D eigenvalue weighted by molar-refractivity contribution is -0.750. The molecule has 6 heavy (non-hydrogen) atoms. The smallest absolute Gasteiger partial charge is 0.395 e. The summed E-state index contributed by atoms with van der Waals surface area (Å²) in [7, 11) is 6.52. The van der Waals surface area contributed by atoms with Gasteiger partial charge in [0.1, 0.15) is 0 Å². The first-order valence-electron chi connectivity index (χ1n) is 1.93. The van der Waals surface area contributed by atoms with Gasteiger partial charge in [-0.1, -0.05) is 22.4 Å².